The molecule has 0 unspecified atom stereocenters. The molecule has 2 rings (SSSR count). The first-order valence-electron chi connectivity index (χ1n) is 5.81. The number of benzene rings is 2. The Bertz CT molecular complexity index is 640. The summed E-state index contributed by atoms with van der Waals surface area (Å²) >= 11 is 9.44. The highest BCUT2D eigenvalue weighted by atomic mass is 79.9. The third kappa shape index (κ3) is 3.37. The van der Waals surface area contributed by atoms with Gasteiger partial charge in [-0.3, -0.25) is 4.79 Å². The van der Waals surface area contributed by atoms with Crippen molar-refractivity contribution in [2.75, 3.05) is 5.32 Å². The normalized spacial score (nSPS) is 10.3. The van der Waals surface area contributed by atoms with Crippen LogP contribution in [0.3, 0.4) is 0 Å². The molecule has 0 spiro atoms. The van der Waals surface area contributed by atoms with Crippen LogP contribution in [0.25, 0.3) is 0 Å². The second kappa shape index (κ2) is 5.76. The van der Waals surface area contributed by atoms with Crippen LogP contribution in [0.2, 0.25) is 5.02 Å². The summed E-state index contributed by atoms with van der Waals surface area (Å²) in [6.07, 6.45) is 0. The first-order valence-corrected chi connectivity index (χ1v) is 6.98. The molecule has 2 nitrogen and oxygen atoms in total. The van der Waals surface area contributed by atoms with Crippen LogP contribution in [0.15, 0.2) is 40.9 Å². The van der Waals surface area contributed by atoms with E-state index < -0.39 is 0 Å². The van der Waals surface area contributed by atoms with Crippen molar-refractivity contribution < 1.29 is 4.79 Å². The molecule has 0 saturated heterocycles. The van der Waals surface area contributed by atoms with E-state index in [9.17, 15) is 4.79 Å². The number of rotatable bonds is 2. The number of nitrogens with one attached hydrogen (secondary N) is 1. The molecule has 19 heavy (non-hydrogen) atoms. The van der Waals surface area contributed by atoms with E-state index in [1.54, 1.807) is 12.1 Å². The molecule has 0 heterocycles. The number of anilines is 1. The number of aryl methyl sites for hydroxylation is 2. The van der Waals surface area contributed by atoms with Gasteiger partial charge in [-0.2, -0.15) is 0 Å². The summed E-state index contributed by atoms with van der Waals surface area (Å²) in [6.45, 7) is 3.90. The number of amides is 1. The third-order valence-corrected chi connectivity index (χ3v) is 3.86. The molecule has 98 valence electrons. The van der Waals surface area contributed by atoms with E-state index in [0.717, 1.165) is 15.6 Å². The van der Waals surface area contributed by atoms with Crippen LogP contribution in [-0.2, 0) is 0 Å². The second-order valence-corrected chi connectivity index (χ2v) is 5.66. The standard InChI is InChI=1S/C15H13BrClNO/c1-9-3-6-12(13(16)7-9)15(19)18-11-5-4-10(2)14(17)8-11/h3-8H,1-2H3,(H,18,19). The minimum Gasteiger partial charge on any atom is -0.322 e. The predicted octanol–water partition coefficient (Wildman–Crippen LogP) is 4.97. The Labute approximate surface area is 125 Å². The van der Waals surface area contributed by atoms with Gasteiger partial charge in [0, 0.05) is 15.2 Å². The Kier molecular flexibility index (Phi) is 4.27. The van der Waals surface area contributed by atoms with Gasteiger partial charge in [-0.15, -0.1) is 0 Å². The van der Waals surface area contributed by atoms with E-state index in [0.29, 0.717) is 16.3 Å². The molecule has 0 aliphatic carbocycles. The molecule has 0 radical (unpaired) electrons. The molecule has 0 aliphatic rings. The summed E-state index contributed by atoms with van der Waals surface area (Å²) in [4.78, 5) is 12.2. The molecule has 0 atom stereocenters. The van der Waals surface area contributed by atoms with Crippen LogP contribution in [0.1, 0.15) is 21.5 Å². The van der Waals surface area contributed by atoms with Crippen molar-refractivity contribution in [3.63, 3.8) is 0 Å². The molecule has 1 N–H and O–H groups in total. The number of hydrogen-bond donors (Lipinski definition) is 1. The lowest BCUT2D eigenvalue weighted by atomic mass is 10.1. The van der Waals surface area contributed by atoms with Gasteiger partial charge >= 0.3 is 0 Å². The van der Waals surface area contributed by atoms with Gasteiger partial charge in [-0.1, -0.05) is 23.7 Å². The maximum atomic E-state index is 12.2. The lowest BCUT2D eigenvalue weighted by Crippen LogP contribution is -2.12. The van der Waals surface area contributed by atoms with Crippen molar-refractivity contribution in [1.82, 2.24) is 0 Å². The molecule has 0 fully saturated rings. The summed E-state index contributed by atoms with van der Waals surface area (Å²) < 4.78 is 0.781. The summed E-state index contributed by atoms with van der Waals surface area (Å²) in [5.74, 6) is -0.160. The molecular weight excluding hydrogens is 326 g/mol. The number of halogens is 2. The van der Waals surface area contributed by atoms with Crippen LogP contribution >= 0.6 is 27.5 Å². The third-order valence-electron chi connectivity index (χ3n) is 2.80. The Morgan fingerprint density at radius 1 is 1.16 bits per heavy atom. The largest absolute Gasteiger partial charge is 0.322 e. The SMILES string of the molecule is Cc1ccc(C(=O)Nc2ccc(C)c(Cl)c2)c(Br)c1. The van der Waals surface area contributed by atoms with Crippen LogP contribution in [-0.4, -0.2) is 5.91 Å². The quantitative estimate of drug-likeness (QED) is 0.823. The fraction of sp³-hybridized carbons (Fsp3) is 0.133. The van der Waals surface area contributed by atoms with E-state index in [-0.39, 0.29) is 5.91 Å². The van der Waals surface area contributed by atoms with Crippen molar-refractivity contribution in [3.05, 3.63) is 62.6 Å². The van der Waals surface area contributed by atoms with Crippen LogP contribution < -0.4 is 5.32 Å². The van der Waals surface area contributed by atoms with Crippen molar-refractivity contribution in [2.24, 2.45) is 0 Å². The minimum atomic E-state index is -0.160. The summed E-state index contributed by atoms with van der Waals surface area (Å²) in [5.41, 5.74) is 3.37. The van der Waals surface area contributed by atoms with Gasteiger partial charge in [0.2, 0.25) is 0 Å². The van der Waals surface area contributed by atoms with Crippen LogP contribution in [0, 0.1) is 13.8 Å². The fourth-order valence-electron chi connectivity index (χ4n) is 1.67. The smallest absolute Gasteiger partial charge is 0.256 e. The summed E-state index contributed by atoms with van der Waals surface area (Å²) in [7, 11) is 0. The number of carbonyl (C=O) groups excluding carboxylic acids is 1. The van der Waals surface area contributed by atoms with E-state index in [1.165, 1.54) is 0 Å². The molecule has 2 aromatic rings. The zero-order chi connectivity index (χ0) is 14.0. The topological polar surface area (TPSA) is 29.1 Å². The average Bonchev–Trinajstić information content (AvgIpc) is 2.33. The molecular formula is C15H13BrClNO. The van der Waals surface area contributed by atoms with Crippen LogP contribution in [0.4, 0.5) is 5.69 Å². The van der Waals surface area contributed by atoms with Gasteiger partial charge in [-0.25, -0.2) is 0 Å². The lowest BCUT2D eigenvalue weighted by Gasteiger charge is -2.08. The number of hydrogen-bond acceptors (Lipinski definition) is 1. The van der Waals surface area contributed by atoms with Crippen molar-refractivity contribution in [2.45, 2.75) is 13.8 Å². The zero-order valence-corrected chi connectivity index (χ0v) is 13.0. The Morgan fingerprint density at radius 3 is 2.53 bits per heavy atom. The highest BCUT2D eigenvalue weighted by Gasteiger charge is 2.10. The monoisotopic (exact) mass is 337 g/mol. The van der Waals surface area contributed by atoms with Gasteiger partial charge in [0.25, 0.3) is 5.91 Å². The maximum absolute atomic E-state index is 12.2. The Hall–Kier alpha value is -1.32. The lowest BCUT2D eigenvalue weighted by molar-refractivity contribution is 0.102. The molecule has 4 heteroatoms. The molecule has 0 aliphatic heterocycles. The highest BCUT2D eigenvalue weighted by Crippen LogP contribution is 2.23. The zero-order valence-electron chi connectivity index (χ0n) is 10.6. The van der Waals surface area contributed by atoms with Gasteiger partial charge in [0.15, 0.2) is 0 Å². The van der Waals surface area contributed by atoms with E-state index >= 15 is 0 Å². The minimum absolute atomic E-state index is 0.160. The highest BCUT2D eigenvalue weighted by molar-refractivity contribution is 9.10. The average molecular weight is 339 g/mol. The van der Waals surface area contributed by atoms with E-state index in [1.807, 2.05) is 38.1 Å². The molecule has 2 aromatic carbocycles. The Balaban J connectivity index is 2.23. The molecule has 0 aromatic heterocycles. The van der Waals surface area contributed by atoms with E-state index in [4.69, 9.17) is 11.6 Å². The van der Waals surface area contributed by atoms with Crippen molar-refractivity contribution >= 4 is 39.1 Å². The van der Waals surface area contributed by atoms with Gasteiger partial charge in [0.05, 0.1) is 5.56 Å². The first-order chi connectivity index (χ1) is 8.97. The molecule has 1 amide bonds. The van der Waals surface area contributed by atoms with Gasteiger partial charge in [0.1, 0.15) is 0 Å². The maximum Gasteiger partial charge on any atom is 0.256 e. The Morgan fingerprint density at radius 2 is 1.89 bits per heavy atom. The van der Waals surface area contributed by atoms with Crippen LogP contribution in [0.5, 0.6) is 0 Å². The van der Waals surface area contributed by atoms with Gasteiger partial charge < -0.3 is 5.32 Å². The predicted molar refractivity (Wildman–Crippen MR) is 83.0 cm³/mol. The van der Waals surface area contributed by atoms with Crippen molar-refractivity contribution in [1.29, 1.82) is 0 Å². The second-order valence-electron chi connectivity index (χ2n) is 4.40. The molecule has 0 saturated carbocycles. The molecule has 0 bridgehead atoms. The van der Waals surface area contributed by atoms with Crippen molar-refractivity contribution in [3.8, 4) is 0 Å². The van der Waals surface area contributed by atoms with E-state index in [2.05, 4.69) is 21.2 Å². The summed E-state index contributed by atoms with van der Waals surface area (Å²) in [5, 5.41) is 3.47. The summed E-state index contributed by atoms with van der Waals surface area (Å²) in [6, 6.07) is 11.1. The number of carbonyl (C=O) groups is 1. The fourth-order valence-corrected chi connectivity index (χ4v) is 2.53. The first kappa shape index (κ1) is 14.1. The van der Waals surface area contributed by atoms with Gasteiger partial charge in [-0.05, 0) is 65.2 Å².